The van der Waals surface area contributed by atoms with Crippen molar-refractivity contribution in [2.75, 3.05) is 13.2 Å². The molecule has 2 heterocycles. The normalized spacial score (nSPS) is 17.7. The molecule has 2 N–H and O–H groups in total. The minimum absolute atomic E-state index is 0. The number of hydrogen-bond donors (Lipinski definition) is 1. The number of primary amides is 1. The highest BCUT2D eigenvalue weighted by molar-refractivity contribution is 5.95. The van der Waals surface area contributed by atoms with Crippen LogP contribution in [0, 0.1) is 11.6 Å². The van der Waals surface area contributed by atoms with Crippen molar-refractivity contribution in [1.82, 2.24) is 9.47 Å². The summed E-state index contributed by atoms with van der Waals surface area (Å²) in [5.74, 6) is -1.03. The van der Waals surface area contributed by atoms with Crippen LogP contribution in [0.5, 0.6) is 5.75 Å². The Morgan fingerprint density at radius 3 is 2.65 bits per heavy atom. The Kier molecular flexibility index (Phi) is 7.43. The molecule has 1 unspecified atom stereocenters. The molecule has 1 fully saturated rings. The molecule has 3 aromatic rings. The average Bonchev–Trinajstić information content (AvgIpc) is 3.18. The number of hydrogen-bond acceptors (Lipinski definition) is 3. The molecule has 2 aliphatic rings. The Labute approximate surface area is 204 Å². The maximum Gasteiger partial charge on any atom is 0.249 e. The molecule has 2 aromatic carbocycles. The summed E-state index contributed by atoms with van der Waals surface area (Å²) in [7, 11) is 0. The van der Waals surface area contributed by atoms with E-state index in [9.17, 15) is 13.6 Å². The van der Waals surface area contributed by atoms with E-state index in [0.717, 1.165) is 44.2 Å². The van der Waals surface area contributed by atoms with Crippen LogP contribution in [0.2, 0.25) is 0 Å². The van der Waals surface area contributed by atoms with E-state index in [-0.39, 0.29) is 30.0 Å². The summed E-state index contributed by atoms with van der Waals surface area (Å²) in [6.07, 6.45) is 7.87. The molecule has 1 saturated carbocycles. The van der Waals surface area contributed by atoms with Gasteiger partial charge in [-0.1, -0.05) is 18.6 Å². The summed E-state index contributed by atoms with van der Waals surface area (Å²) >= 11 is 0. The molecule has 5 rings (SSSR count). The van der Waals surface area contributed by atoms with Crippen LogP contribution in [-0.2, 0) is 13.0 Å². The quantitative estimate of drug-likeness (QED) is 0.449. The van der Waals surface area contributed by atoms with E-state index in [1.165, 1.54) is 24.6 Å². The molecule has 0 bridgehead atoms. The number of fused-ring (bicyclic) bond motifs is 2. The van der Waals surface area contributed by atoms with Crippen LogP contribution in [0.3, 0.4) is 0 Å². The predicted octanol–water partition coefficient (Wildman–Crippen LogP) is 5.08. The fourth-order valence-corrected chi connectivity index (χ4v) is 5.23. The Morgan fingerprint density at radius 1 is 1.09 bits per heavy atom. The van der Waals surface area contributed by atoms with Crippen LogP contribution in [-0.4, -0.2) is 40.6 Å². The van der Waals surface area contributed by atoms with Crippen LogP contribution in [0.1, 0.15) is 48.0 Å². The van der Waals surface area contributed by atoms with Gasteiger partial charge < -0.3 is 15.0 Å². The average molecular weight is 490 g/mol. The molecule has 0 saturated heterocycles. The summed E-state index contributed by atoms with van der Waals surface area (Å²) in [5.41, 5.74) is 7.12. The van der Waals surface area contributed by atoms with Crippen LogP contribution < -0.4 is 10.5 Å². The first kappa shape index (κ1) is 24.5. The van der Waals surface area contributed by atoms with E-state index >= 15 is 0 Å². The van der Waals surface area contributed by atoms with E-state index in [0.29, 0.717) is 35.7 Å². The Bertz CT molecular complexity index is 1180. The second kappa shape index (κ2) is 10.3. The number of ether oxygens (including phenoxy) is 1. The molecule has 182 valence electrons. The minimum atomic E-state index is -0.558. The maximum atomic E-state index is 14.3. The van der Waals surface area contributed by atoms with Gasteiger partial charge in [-0.25, -0.2) is 8.78 Å². The predicted molar refractivity (Wildman–Crippen MR) is 131 cm³/mol. The zero-order valence-corrected chi connectivity index (χ0v) is 19.8. The maximum absolute atomic E-state index is 14.3. The van der Waals surface area contributed by atoms with E-state index in [4.69, 9.17) is 10.5 Å². The van der Waals surface area contributed by atoms with Gasteiger partial charge in [0.25, 0.3) is 0 Å². The summed E-state index contributed by atoms with van der Waals surface area (Å²) in [5, 5.41) is 0.918. The Morgan fingerprint density at radius 2 is 1.91 bits per heavy atom. The Balaban J connectivity index is 0.00000274. The molecule has 1 aliphatic heterocycles. The lowest BCUT2D eigenvalue weighted by molar-refractivity contribution is 0.0414. The van der Waals surface area contributed by atoms with Crippen LogP contribution in [0.4, 0.5) is 8.78 Å². The summed E-state index contributed by atoms with van der Waals surface area (Å²) in [6, 6.07) is 10.4. The molecule has 1 aliphatic carbocycles. The topological polar surface area (TPSA) is 60.5 Å². The number of aromatic nitrogens is 1. The summed E-state index contributed by atoms with van der Waals surface area (Å²) < 4.78 is 36.3. The number of para-hydroxylation sites is 1. The zero-order valence-electron chi connectivity index (χ0n) is 19.0. The van der Waals surface area contributed by atoms with Crippen molar-refractivity contribution in [3.05, 3.63) is 65.4 Å². The summed E-state index contributed by atoms with van der Waals surface area (Å²) in [4.78, 5) is 14.4. The van der Waals surface area contributed by atoms with Crippen LogP contribution in [0.25, 0.3) is 10.9 Å². The molecule has 5 nitrogen and oxygen atoms in total. The number of nitrogens with two attached hydrogens (primary N) is 1. The van der Waals surface area contributed by atoms with Crippen molar-refractivity contribution in [2.24, 2.45) is 5.73 Å². The number of unbranched alkanes of at least 4 members (excludes halogenated alkanes) is 1. The third-order valence-electron chi connectivity index (χ3n) is 7.16. The number of amides is 1. The minimum Gasteiger partial charge on any atom is -0.489 e. The molecule has 1 aromatic heterocycles. The molecule has 0 spiro atoms. The number of aryl methyl sites for hydroxylation is 1. The van der Waals surface area contributed by atoms with Crippen molar-refractivity contribution in [1.29, 1.82) is 0 Å². The zero-order chi connectivity index (χ0) is 22.9. The molecule has 0 radical (unpaired) electrons. The fourth-order valence-electron chi connectivity index (χ4n) is 5.23. The van der Waals surface area contributed by atoms with Gasteiger partial charge in [0, 0.05) is 41.3 Å². The summed E-state index contributed by atoms with van der Waals surface area (Å²) in [6.45, 7) is 2.04. The van der Waals surface area contributed by atoms with Gasteiger partial charge in [0.1, 0.15) is 12.4 Å². The molecule has 1 amide bonds. The van der Waals surface area contributed by atoms with Crippen LogP contribution >= 0.6 is 12.4 Å². The number of carbonyl (C=O) groups is 1. The first-order chi connectivity index (χ1) is 16.0. The molecular weight excluding hydrogens is 460 g/mol. The molecule has 34 heavy (non-hydrogen) atoms. The van der Waals surface area contributed by atoms with Crippen molar-refractivity contribution in [3.63, 3.8) is 0 Å². The molecular formula is C26H30ClF2N3O2. The van der Waals surface area contributed by atoms with Gasteiger partial charge in [0.05, 0.1) is 5.52 Å². The smallest absolute Gasteiger partial charge is 0.249 e. The number of nitrogens with zero attached hydrogens (tertiary/aromatic N) is 2. The van der Waals surface area contributed by atoms with Gasteiger partial charge in [-0.2, -0.15) is 0 Å². The van der Waals surface area contributed by atoms with E-state index in [2.05, 4.69) is 4.90 Å². The highest BCUT2D eigenvalue weighted by Gasteiger charge is 2.35. The van der Waals surface area contributed by atoms with Crippen molar-refractivity contribution in [2.45, 2.75) is 57.2 Å². The van der Waals surface area contributed by atoms with E-state index < -0.39 is 11.7 Å². The molecule has 1 atom stereocenters. The lowest BCUT2D eigenvalue weighted by atomic mass is 9.87. The SMILES string of the molecule is Cl.NC(=O)c1ccc(F)c2c1CC(N(CCCCn1ccc3cccc(F)c31)C1CCC1)CO2. The third kappa shape index (κ3) is 4.64. The lowest BCUT2D eigenvalue weighted by Gasteiger charge is -2.44. The second-order valence-corrected chi connectivity index (χ2v) is 9.15. The van der Waals surface area contributed by atoms with Crippen molar-refractivity contribution in [3.8, 4) is 5.75 Å². The van der Waals surface area contributed by atoms with Crippen LogP contribution in [0.15, 0.2) is 42.6 Å². The number of benzene rings is 2. The third-order valence-corrected chi connectivity index (χ3v) is 7.16. The highest BCUT2D eigenvalue weighted by Crippen LogP contribution is 2.35. The number of rotatable bonds is 8. The van der Waals surface area contributed by atoms with Gasteiger partial charge in [0.2, 0.25) is 5.91 Å². The Hall–Kier alpha value is -2.64. The van der Waals surface area contributed by atoms with E-state index in [1.54, 1.807) is 6.07 Å². The van der Waals surface area contributed by atoms with Gasteiger partial charge in [-0.15, -0.1) is 12.4 Å². The number of halogens is 3. The van der Waals surface area contributed by atoms with Gasteiger partial charge >= 0.3 is 0 Å². The van der Waals surface area contributed by atoms with Crippen molar-refractivity contribution < 1.29 is 18.3 Å². The highest BCUT2D eigenvalue weighted by atomic mass is 35.5. The largest absolute Gasteiger partial charge is 0.489 e. The van der Waals surface area contributed by atoms with Crippen molar-refractivity contribution >= 4 is 29.2 Å². The van der Waals surface area contributed by atoms with E-state index in [1.807, 2.05) is 22.9 Å². The van der Waals surface area contributed by atoms with Gasteiger partial charge in [-0.3, -0.25) is 9.69 Å². The fraction of sp³-hybridized carbons (Fsp3) is 0.423. The standard InChI is InChI=1S/C26H29F2N3O2.ClH/c27-22-8-3-5-17-11-14-30(24(17)22)12-1-2-13-31(18-6-4-7-18)19-15-21-20(26(29)32)9-10-23(28)25(21)33-16-19;/h3,5,8-11,14,18-19H,1-2,4,6-7,12-13,15-16H2,(H2,29,32);1H. The number of carbonyl (C=O) groups excluding carboxylic acids is 1. The first-order valence-corrected chi connectivity index (χ1v) is 11.8. The monoisotopic (exact) mass is 489 g/mol. The second-order valence-electron chi connectivity index (χ2n) is 9.15. The van der Waals surface area contributed by atoms with Gasteiger partial charge in [0.15, 0.2) is 11.6 Å². The first-order valence-electron chi connectivity index (χ1n) is 11.8. The molecule has 8 heteroatoms. The van der Waals surface area contributed by atoms with Gasteiger partial charge in [-0.05, 0) is 62.9 Å². The lowest BCUT2D eigenvalue weighted by Crippen LogP contribution is -2.51.